The summed E-state index contributed by atoms with van der Waals surface area (Å²) in [4.78, 5) is 11.1. The van der Waals surface area contributed by atoms with Crippen LogP contribution in [0.3, 0.4) is 0 Å². The van der Waals surface area contributed by atoms with Gasteiger partial charge < -0.3 is 10.5 Å². The number of anilines is 2. The Hall–Kier alpha value is -1.23. The minimum absolute atomic E-state index is 0.339. The van der Waals surface area contributed by atoms with Crippen LogP contribution in [0.4, 0.5) is 16.2 Å². The van der Waals surface area contributed by atoms with E-state index in [-0.39, 0.29) is 0 Å². The Balaban J connectivity index is 2.75. The molecule has 14 heavy (non-hydrogen) atoms. The molecule has 0 unspecified atom stereocenters. The van der Waals surface area contributed by atoms with Gasteiger partial charge in [-0.25, -0.2) is 4.79 Å². The molecule has 76 valence electrons. The molecule has 0 bridgehead atoms. The van der Waals surface area contributed by atoms with Crippen molar-refractivity contribution in [2.24, 2.45) is 0 Å². The Bertz CT molecular complexity index is 342. The number of benzene rings is 1. The summed E-state index contributed by atoms with van der Waals surface area (Å²) in [6.45, 7) is 2.08. The van der Waals surface area contributed by atoms with E-state index in [1.165, 1.54) is 0 Å². The number of nitrogens with two attached hydrogens (primary N) is 1. The number of amides is 1. The van der Waals surface area contributed by atoms with E-state index >= 15 is 0 Å². The fraction of sp³-hybridized carbons (Fsp3) is 0.222. The maximum Gasteiger partial charge on any atom is 0.411 e. The number of carbonyl (C=O) groups is 1. The highest BCUT2D eigenvalue weighted by molar-refractivity contribution is 9.10. The Morgan fingerprint density at radius 2 is 2.36 bits per heavy atom. The van der Waals surface area contributed by atoms with Crippen LogP contribution >= 0.6 is 15.9 Å². The smallest absolute Gasteiger partial charge is 0.411 e. The van der Waals surface area contributed by atoms with Crippen molar-refractivity contribution in [2.75, 3.05) is 17.7 Å². The van der Waals surface area contributed by atoms with Crippen LogP contribution in [-0.4, -0.2) is 12.7 Å². The van der Waals surface area contributed by atoms with Crippen LogP contribution in [-0.2, 0) is 4.74 Å². The van der Waals surface area contributed by atoms with E-state index in [1.807, 2.05) is 0 Å². The summed E-state index contributed by atoms with van der Waals surface area (Å²) in [6, 6.07) is 5.15. The largest absolute Gasteiger partial charge is 0.450 e. The van der Waals surface area contributed by atoms with Crippen molar-refractivity contribution in [3.63, 3.8) is 0 Å². The molecule has 1 rings (SSSR count). The topological polar surface area (TPSA) is 64.3 Å². The predicted molar refractivity (Wildman–Crippen MR) is 59.2 cm³/mol. The van der Waals surface area contributed by atoms with Gasteiger partial charge >= 0.3 is 6.09 Å². The Morgan fingerprint density at radius 1 is 1.64 bits per heavy atom. The summed E-state index contributed by atoms with van der Waals surface area (Å²) >= 11 is 3.28. The van der Waals surface area contributed by atoms with Crippen LogP contribution in [0.5, 0.6) is 0 Å². The summed E-state index contributed by atoms with van der Waals surface area (Å²) in [7, 11) is 0. The average molecular weight is 259 g/mol. The number of hydrogen-bond acceptors (Lipinski definition) is 3. The monoisotopic (exact) mass is 258 g/mol. The standard InChI is InChI=1S/C9H11BrN2O2/c1-2-14-9(13)12-8-5-6(11)3-4-7(8)10/h3-5H,2,11H2,1H3,(H,12,13). The van der Waals surface area contributed by atoms with Gasteiger partial charge in [0.05, 0.1) is 12.3 Å². The molecule has 0 heterocycles. The van der Waals surface area contributed by atoms with Gasteiger partial charge in [0.15, 0.2) is 0 Å². The molecule has 0 aliphatic carbocycles. The zero-order valence-corrected chi connectivity index (χ0v) is 9.30. The molecule has 0 aliphatic rings. The van der Waals surface area contributed by atoms with Crippen LogP contribution in [0.25, 0.3) is 0 Å². The molecule has 0 aliphatic heterocycles. The van der Waals surface area contributed by atoms with E-state index in [1.54, 1.807) is 25.1 Å². The number of ether oxygens (including phenoxy) is 1. The predicted octanol–water partition coefficient (Wildman–Crippen LogP) is 2.60. The second kappa shape index (κ2) is 4.85. The fourth-order valence-electron chi connectivity index (χ4n) is 0.916. The first-order chi connectivity index (χ1) is 6.63. The van der Waals surface area contributed by atoms with E-state index in [4.69, 9.17) is 10.5 Å². The highest BCUT2D eigenvalue weighted by Gasteiger charge is 2.05. The number of nitrogen functional groups attached to an aromatic ring is 1. The van der Waals surface area contributed by atoms with E-state index in [9.17, 15) is 4.79 Å². The van der Waals surface area contributed by atoms with Gasteiger partial charge in [-0.1, -0.05) is 0 Å². The molecular weight excluding hydrogens is 248 g/mol. The van der Waals surface area contributed by atoms with E-state index < -0.39 is 6.09 Å². The van der Waals surface area contributed by atoms with Gasteiger partial charge in [-0.2, -0.15) is 0 Å². The van der Waals surface area contributed by atoms with Crippen molar-refractivity contribution in [1.82, 2.24) is 0 Å². The van der Waals surface area contributed by atoms with Crippen molar-refractivity contribution in [3.05, 3.63) is 22.7 Å². The molecular formula is C9H11BrN2O2. The second-order valence-corrected chi connectivity index (χ2v) is 3.44. The van der Waals surface area contributed by atoms with Gasteiger partial charge in [0.2, 0.25) is 0 Å². The van der Waals surface area contributed by atoms with Gasteiger partial charge in [-0.15, -0.1) is 0 Å². The van der Waals surface area contributed by atoms with Gasteiger partial charge in [0.1, 0.15) is 0 Å². The van der Waals surface area contributed by atoms with E-state index in [0.29, 0.717) is 18.0 Å². The van der Waals surface area contributed by atoms with Crippen molar-refractivity contribution in [1.29, 1.82) is 0 Å². The van der Waals surface area contributed by atoms with Crippen LogP contribution < -0.4 is 11.1 Å². The summed E-state index contributed by atoms with van der Waals surface area (Å²) < 4.78 is 5.49. The molecule has 1 aromatic carbocycles. The minimum atomic E-state index is -0.487. The van der Waals surface area contributed by atoms with E-state index in [0.717, 1.165) is 4.47 Å². The quantitative estimate of drug-likeness (QED) is 0.802. The maximum atomic E-state index is 11.1. The first-order valence-corrected chi connectivity index (χ1v) is 4.91. The van der Waals surface area contributed by atoms with Crippen molar-refractivity contribution in [3.8, 4) is 0 Å². The third-order valence-corrected chi connectivity index (χ3v) is 2.19. The molecule has 0 aromatic heterocycles. The molecule has 0 radical (unpaired) electrons. The second-order valence-electron chi connectivity index (χ2n) is 2.58. The Morgan fingerprint density at radius 3 is 3.00 bits per heavy atom. The molecule has 1 aromatic rings. The summed E-state index contributed by atoms with van der Waals surface area (Å²) in [5.41, 5.74) is 6.75. The lowest BCUT2D eigenvalue weighted by Gasteiger charge is -2.07. The SMILES string of the molecule is CCOC(=O)Nc1cc(N)ccc1Br. The molecule has 0 spiro atoms. The number of halogens is 1. The molecule has 0 atom stereocenters. The maximum absolute atomic E-state index is 11.1. The lowest BCUT2D eigenvalue weighted by atomic mass is 10.3. The highest BCUT2D eigenvalue weighted by Crippen LogP contribution is 2.24. The zero-order chi connectivity index (χ0) is 10.6. The highest BCUT2D eigenvalue weighted by atomic mass is 79.9. The number of rotatable bonds is 2. The van der Waals surface area contributed by atoms with Gasteiger partial charge in [-0.3, -0.25) is 5.32 Å². The van der Waals surface area contributed by atoms with Crippen LogP contribution in [0.15, 0.2) is 22.7 Å². The molecule has 3 N–H and O–H groups in total. The normalized spacial score (nSPS) is 9.57. The van der Waals surface area contributed by atoms with Crippen molar-refractivity contribution >= 4 is 33.4 Å². The molecule has 1 amide bonds. The first-order valence-electron chi connectivity index (χ1n) is 4.12. The van der Waals surface area contributed by atoms with Crippen molar-refractivity contribution < 1.29 is 9.53 Å². The number of hydrogen-bond donors (Lipinski definition) is 2. The summed E-state index contributed by atoms with van der Waals surface area (Å²) in [5.74, 6) is 0. The lowest BCUT2D eigenvalue weighted by molar-refractivity contribution is 0.168. The van der Waals surface area contributed by atoms with Crippen molar-refractivity contribution in [2.45, 2.75) is 6.92 Å². The third-order valence-electron chi connectivity index (χ3n) is 1.50. The molecule has 0 saturated heterocycles. The molecule has 5 heteroatoms. The van der Waals surface area contributed by atoms with Crippen LogP contribution in [0.1, 0.15) is 6.92 Å². The average Bonchev–Trinajstić information content (AvgIpc) is 2.12. The molecule has 0 fully saturated rings. The van der Waals surface area contributed by atoms with E-state index in [2.05, 4.69) is 21.2 Å². The first kappa shape index (κ1) is 10.8. The van der Waals surface area contributed by atoms with Gasteiger partial charge in [0, 0.05) is 10.2 Å². The van der Waals surface area contributed by atoms with Gasteiger partial charge in [0.25, 0.3) is 0 Å². The van der Waals surface area contributed by atoms with Crippen LogP contribution in [0.2, 0.25) is 0 Å². The minimum Gasteiger partial charge on any atom is -0.450 e. The summed E-state index contributed by atoms with van der Waals surface area (Å²) in [6.07, 6.45) is -0.487. The molecule has 0 saturated carbocycles. The lowest BCUT2D eigenvalue weighted by Crippen LogP contribution is -2.13. The Labute approximate surface area is 90.6 Å². The Kier molecular flexibility index (Phi) is 3.76. The molecule has 4 nitrogen and oxygen atoms in total. The number of carbonyl (C=O) groups excluding carboxylic acids is 1. The summed E-state index contributed by atoms with van der Waals surface area (Å²) in [5, 5.41) is 2.56. The van der Waals surface area contributed by atoms with Gasteiger partial charge in [-0.05, 0) is 41.1 Å². The third kappa shape index (κ3) is 2.92. The fourth-order valence-corrected chi connectivity index (χ4v) is 1.26. The zero-order valence-electron chi connectivity index (χ0n) is 7.71. The van der Waals surface area contributed by atoms with Crippen LogP contribution in [0, 0.1) is 0 Å². The number of nitrogens with one attached hydrogen (secondary N) is 1.